The van der Waals surface area contributed by atoms with E-state index in [0.29, 0.717) is 12.3 Å². The van der Waals surface area contributed by atoms with Crippen LogP contribution in [-0.2, 0) is 16.0 Å². The Bertz CT molecular complexity index is 788. The van der Waals surface area contributed by atoms with E-state index in [0.717, 1.165) is 75.0 Å². The van der Waals surface area contributed by atoms with Crippen LogP contribution in [0.4, 0.5) is 0 Å². The zero-order valence-electron chi connectivity index (χ0n) is 17.4. The molecule has 2 aliphatic heterocycles. The van der Waals surface area contributed by atoms with Crippen LogP contribution in [0.15, 0.2) is 35.9 Å². The minimum atomic E-state index is 0.159. The number of nitrogens with zero attached hydrogens (tertiary/aromatic N) is 2. The lowest BCUT2D eigenvalue weighted by atomic mass is 9.83. The second-order valence-corrected chi connectivity index (χ2v) is 8.56. The Kier molecular flexibility index (Phi) is 6.22. The summed E-state index contributed by atoms with van der Waals surface area (Å²) in [6.45, 7) is 2.37. The van der Waals surface area contributed by atoms with E-state index in [1.54, 1.807) is 7.11 Å². The topological polar surface area (TPSA) is 49.9 Å². The molecule has 3 aliphatic rings. The number of fused-ring (bicyclic) bond motifs is 1. The summed E-state index contributed by atoms with van der Waals surface area (Å²) in [7, 11) is 1.64. The summed E-state index contributed by atoms with van der Waals surface area (Å²) in [5.41, 5.74) is 1.96. The first-order valence-electron chi connectivity index (χ1n) is 11.1. The normalized spacial score (nSPS) is 24.5. The van der Waals surface area contributed by atoms with Crippen molar-refractivity contribution in [3.05, 3.63) is 41.5 Å². The van der Waals surface area contributed by atoms with Gasteiger partial charge >= 0.3 is 0 Å². The van der Waals surface area contributed by atoms with E-state index < -0.39 is 0 Å². The summed E-state index contributed by atoms with van der Waals surface area (Å²) in [6, 6.07) is 8.02. The van der Waals surface area contributed by atoms with Crippen LogP contribution in [0.1, 0.15) is 50.5 Å². The van der Waals surface area contributed by atoms with Crippen LogP contribution in [0, 0.1) is 5.92 Å². The number of ether oxygens (including phenoxy) is 1. The Morgan fingerprint density at radius 2 is 1.97 bits per heavy atom. The van der Waals surface area contributed by atoms with Crippen LogP contribution in [0.3, 0.4) is 0 Å². The monoisotopic (exact) mass is 396 g/mol. The van der Waals surface area contributed by atoms with Crippen molar-refractivity contribution in [1.82, 2.24) is 9.80 Å². The second kappa shape index (κ2) is 9.02. The number of para-hydroxylation sites is 1. The van der Waals surface area contributed by atoms with Crippen LogP contribution >= 0.6 is 0 Å². The van der Waals surface area contributed by atoms with E-state index >= 15 is 0 Å². The molecule has 4 rings (SSSR count). The van der Waals surface area contributed by atoms with Crippen molar-refractivity contribution in [2.45, 2.75) is 57.4 Å². The van der Waals surface area contributed by atoms with Gasteiger partial charge in [-0.15, -0.1) is 0 Å². The molecule has 2 saturated heterocycles. The Labute approximate surface area is 173 Å². The minimum Gasteiger partial charge on any atom is -0.496 e. The second-order valence-electron chi connectivity index (χ2n) is 8.56. The smallest absolute Gasteiger partial charge is 0.249 e. The fourth-order valence-electron chi connectivity index (χ4n) is 5.22. The lowest BCUT2D eigenvalue weighted by molar-refractivity contribution is -0.139. The molecule has 1 aromatic carbocycles. The Morgan fingerprint density at radius 1 is 1.10 bits per heavy atom. The van der Waals surface area contributed by atoms with Gasteiger partial charge in [-0.1, -0.05) is 24.3 Å². The molecule has 1 aliphatic carbocycles. The van der Waals surface area contributed by atoms with E-state index in [1.807, 2.05) is 29.2 Å². The van der Waals surface area contributed by atoms with Crippen molar-refractivity contribution in [2.24, 2.45) is 5.92 Å². The molecule has 5 nitrogen and oxygen atoms in total. The average molecular weight is 397 g/mol. The van der Waals surface area contributed by atoms with E-state index in [2.05, 4.69) is 11.0 Å². The molecule has 0 spiro atoms. The summed E-state index contributed by atoms with van der Waals surface area (Å²) in [4.78, 5) is 30.2. The van der Waals surface area contributed by atoms with Gasteiger partial charge < -0.3 is 14.5 Å². The van der Waals surface area contributed by atoms with Gasteiger partial charge in [0, 0.05) is 36.8 Å². The molecular formula is C24H32N2O3. The van der Waals surface area contributed by atoms with Gasteiger partial charge in [0.15, 0.2) is 0 Å². The van der Waals surface area contributed by atoms with Crippen LogP contribution in [-0.4, -0.2) is 54.4 Å². The third kappa shape index (κ3) is 4.34. The zero-order valence-corrected chi connectivity index (χ0v) is 17.4. The predicted octanol–water partition coefficient (Wildman–Crippen LogP) is 3.58. The first-order chi connectivity index (χ1) is 14.2. The van der Waals surface area contributed by atoms with E-state index in [1.165, 1.54) is 6.42 Å². The number of hydrogen-bond acceptors (Lipinski definition) is 3. The average Bonchev–Trinajstić information content (AvgIpc) is 2.78. The number of hydrogen-bond donors (Lipinski definition) is 0. The van der Waals surface area contributed by atoms with Gasteiger partial charge in [-0.3, -0.25) is 9.59 Å². The van der Waals surface area contributed by atoms with Crippen molar-refractivity contribution in [2.75, 3.05) is 26.7 Å². The van der Waals surface area contributed by atoms with Crippen molar-refractivity contribution < 1.29 is 14.3 Å². The summed E-state index contributed by atoms with van der Waals surface area (Å²) >= 11 is 0. The minimum absolute atomic E-state index is 0.159. The molecule has 0 unspecified atom stereocenters. The highest BCUT2D eigenvalue weighted by molar-refractivity contribution is 5.94. The molecule has 0 bridgehead atoms. The molecule has 0 radical (unpaired) electrons. The number of amides is 2. The van der Waals surface area contributed by atoms with Gasteiger partial charge in [0.1, 0.15) is 5.75 Å². The van der Waals surface area contributed by atoms with Crippen LogP contribution in [0.2, 0.25) is 0 Å². The summed E-state index contributed by atoms with van der Waals surface area (Å²) in [6.07, 6.45) is 9.85. The molecule has 1 aromatic rings. The van der Waals surface area contributed by atoms with Crippen LogP contribution in [0.25, 0.3) is 0 Å². The van der Waals surface area contributed by atoms with Crippen LogP contribution in [0.5, 0.6) is 5.75 Å². The molecule has 2 amide bonds. The summed E-state index contributed by atoms with van der Waals surface area (Å²) < 4.78 is 5.40. The van der Waals surface area contributed by atoms with Crippen molar-refractivity contribution in [3.63, 3.8) is 0 Å². The van der Waals surface area contributed by atoms with Gasteiger partial charge in [-0.25, -0.2) is 0 Å². The van der Waals surface area contributed by atoms with Gasteiger partial charge in [-0.05, 0) is 56.9 Å². The lowest BCUT2D eigenvalue weighted by Crippen LogP contribution is -2.57. The van der Waals surface area contributed by atoms with Gasteiger partial charge in [0.05, 0.1) is 13.5 Å². The maximum Gasteiger partial charge on any atom is 0.249 e. The quantitative estimate of drug-likeness (QED) is 0.782. The number of likely N-dealkylation sites (tertiary alicyclic amines) is 2. The van der Waals surface area contributed by atoms with E-state index in [4.69, 9.17) is 4.74 Å². The molecule has 156 valence electrons. The highest BCUT2D eigenvalue weighted by Crippen LogP contribution is 2.33. The molecular weight excluding hydrogens is 364 g/mol. The summed E-state index contributed by atoms with van der Waals surface area (Å²) in [5.74, 6) is 1.58. The first-order valence-corrected chi connectivity index (χ1v) is 11.1. The molecule has 2 heterocycles. The standard InChI is InChI=1S/C24H32N2O3/c1-29-22-12-6-5-10-19(22)16-23(27)25-15-13-21-20(17-25)11-7-14-26(21)24(28)18-8-3-2-4-9-18/h5-6,8,10,12,20-21H,2-4,7,9,11,13-17H2,1H3/t20-,21-/m1/s1. The fourth-order valence-corrected chi connectivity index (χ4v) is 5.22. The maximum absolute atomic E-state index is 13.1. The number of benzene rings is 1. The van der Waals surface area contributed by atoms with E-state index in [9.17, 15) is 9.59 Å². The number of rotatable bonds is 4. The fraction of sp³-hybridized carbons (Fsp3) is 0.583. The molecule has 2 atom stereocenters. The van der Waals surface area contributed by atoms with Crippen molar-refractivity contribution >= 4 is 11.8 Å². The van der Waals surface area contributed by atoms with E-state index in [-0.39, 0.29) is 17.9 Å². The van der Waals surface area contributed by atoms with Crippen molar-refractivity contribution in [1.29, 1.82) is 0 Å². The maximum atomic E-state index is 13.1. The number of piperidine rings is 2. The zero-order chi connectivity index (χ0) is 20.2. The highest BCUT2D eigenvalue weighted by atomic mass is 16.5. The number of methoxy groups -OCH3 is 1. The molecule has 2 fully saturated rings. The molecule has 0 aromatic heterocycles. The largest absolute Gasteiger partial charge is 0.496 e. The van der Waals surface area contributed by atoms with Gasteiger partial charge in [-0.2, -0.15) is 0 Å². The molecule has 29 heavy (non-hydrogen) atoms. The Hall–Kier alpha value is -2.30. The third-order valence-corrected chi connectivity index (χ3v) is 6.78. The molecule has 5 heteroatoms. The number of allylic oxidation sites excluding steroid dienone is 1. The van der Waals surface area contributed by atoms with Gasteiger partial charge in [0.2, 0.25) is 11.8 Å². The number of carbonyl (C=O) groups is 2. The van der Waals surface area contributed by atoms with Crippen LogP contribution < -0.4 is 4.74 Å². The lowest BCUT2D eigenvalue weighted by Gasteiger charge is -2.47. The molecule has 0 saturated carbocycles. The molecule has 0 N–H and O–H groups in total. The first kappa shape index (κ1) is 20.0. The SMILES string of the molecule is COc1ccccc1CC(=O)N1CC[C@@H]2[C@H](CCCN2C(=O)C2=CCCCC2)C1. The third-order valence-electron chi connectivity index (χ3n) is 6.78. The Morgan fingerprint density at radius 3 is 2.76 bits per heavy atom. The summed E-state index contributed by atoms with van der Waals surface area (Å²) in [5, 5.41) is 0. The predicted molar refractivity (Wildman–Crippen MR) is 113 cm³/mol. The highest BCUT2D eigenvalue weighted by Gasteiger charge is 2.39. The van der Waals surface area contributed by atoms with Crippen molar-refractivity contribution in [3.8, 4) is 5.75 Å². The van der Waals surface area contributed by atoms with Gasteiger partial charge in [0.25, 0.3) is 0 Å². The Balaban J connectivity index is 1.40. The number of carbonyl (C=O) groups excluding carboxylic acids is 2.